The van der Waals surface area contributed by atoms with Gasteiger partial charge in [0.1, 0.15) is 12.4 Å². The normalized spacial score (nSPS) is 11.2. The summed E-state index contributed by atoms with van der Waals surface area (Å²) in [5, 5.41) is 19.0. The Labute approximate surface area is 123 Å². The van der Waals surface area contributed by atoms with E-state index in [0.717, 1.165) is 5.56 Å². The van der Waals surface area contributed by atoms with Crippen LogP contribution in [0.3, 0.4) is 0 Å². The summed E-state index contributed by atoms with van der Waals surface area (Å²) in [6.07, 6.45) is 0. The maximum Gasteiger partial charge on any atom is 0.335 e. The molecule has 0 aliphatic carbocycles. The Bertz CT molecular complexity index is 624. The first-order valence-electron chi connectivity index (χ1n) is 6.65. The maximum absolute atomic E-state index is 10.8. The monoisotopic (exact) mass is 286 g/mol. The molecule has 0 heterocycles. The minimum atomic E-state index is -0.982. The summed E-state index contributed by atoms with van der Waals surface area (Å²) in [5.74, 6) is -0.331. The molecule has 0 aliphatic heterocycles. The number of carboxylic acids is 1. The topological polar surface area (TPSA) is 66.8 Å². The number of carbonyl (C=O) groups is 1. The molecule has 0 saturated carbocycles. The largest absolute Gasteiger partial charge is 0.489 e. The van der Waals surface area contributed by atoms with Gasteiger partial charge in [0.2, 0.25) is 0 Å². The number of rotatable bonds is 5. The predicted octanol–water partition coefficient (Wildman–Crippen LogP) is 3.19. The van der Waals surface area contributed by atoms with Crippen molar-refractivity contribution in [2.24, 2.45) is 0 Å². The van der Waals surface area contributed by atoms with Crippen LogP contribution in [0.15, 0.2) is 48.5 Å². The van der Waals surface area contributed by atoms with Crippen LogP contribution in [-0.2, 0) is 12.2 Å². The van der Waals surface area contributed by atoms with Crippen molar-refractivity contribution in [3.05, 3.63) is 65.2 Å². The molecule has 110 valence electrons. The van der Waals surface area contributed by atoms with Crippen molar-refractivity contribution in [2.75, 3.05) is 0 Å². The first-order valence-corrected chi connectivity index (χ1v) is 6.65. The summed E-state index contributed by atoms with van der Waals surface area (Å²) in [7, 11) is 0. The van der Waals surface area contributed by atoms with Gasteiger partial charge in [0.25, 0.3) is 0 Å². The van der Waals surface area contributed by atoms with Gasteiger partial charge in [-0.05, 0) is 37.6 Å². The van der Waals surface area contributed by atoms with E-state index in [1.165, 1.54) is 0 Å². The van der Waals surface area contributed by atoms with Gasteiger partial charge in [-0.2, -0.15) is 0 Å². The highest BCUT2D eigenvalue weighted by Crippen LogP contribution is 2.29. The molecule has 0 saturated heterocycles. The van der Waals surface area contributed by atoms with E-state index in [1.807, 2.05) is 18.2 Å². The van der Waals surface area contributed by atoms with Gasteiger partial charge in [-0.25, -0.2) is 4.79 Å². The lowest BCUT2D eigenvalue weighted by Gasteiger charge is -2.21. The summed E-state index contributed by atoms with van der Waals surface area (Å²) in [6, 6.07) is 13.8. The Kier molecular flexibility index (Phi) is 4.29. The molecule has 0 radical (unpaired) electrons. The number of ether oxygens (including phenoxy) is 1. The van der Waals surface area contributed by atoms with Gasteiger partial charge >= 0.3 is 5.97 Å². The van der Waals surface area contributed by atoms with Crippen LogP contribution in [0.1, 0.15) is 35.3 Å². The minimum absolute atomic E-state index is 0.246. The number of hydrogen-bond donors (Lipinski definition) is 2. The van der Waals surface area contributed by atoms with E-state index in [2.05, 4.69) is 0 Å². The molecule has 0 unspecified atom stereocenters. The third-order valence-electron chi connectivity index (χ3n) is 3.14. The van der Waals surface area contributed by atoms with E-state index in [9.17, 15) is 9.90 Å². The molecule has 4 nitrogen and oxygen atoms in total. The lowest BCUT2D eigenvalue weighted by molar-refractivity contribution is 0.0695. The fourth-order valence-electron chi connectivity index (χ4n) is 2.00. The van der Waals surface area contributed by atoms with Crippen molar-refractivity contribution in [3.8, 4) is 5.75 Å². The Balaban J connectivity index is 2.12. The van der Waals surface area contributed by atoms with E-state index in [1.54, 1.807) is 44.2 Å². The van der Waals surface area contributed by atoms with Crippen LogP contribution >= 0.6 is 0 Å². The second kappa shape index (κ2) is 5.97. The third-order valence-corrected chi connectivity index (χ3v) is 3.14. The molecule has 0 bridgehead atoms. The molecule has 2 aromatic carbocycles. The molecular weight excluding hydrogens is 268 g/mol. The molecule has 0 amide bonds. The number of aliphatic hydroxyl groups is 1. The van der Waals surface area contributed by atoms with Gasteiger partial charge in [0.15, 0.2) is 0 Å². The molecule has 0 aliphatic rings. The molecule has 0 fully saturated rings. The van der Waals surface area contributed by atoms with E-state index in [0.29, 0.717) is 17.9 Å². The Morgan fingerprint density at radius 3 is 2.29 bits per heavy atom. The van der Waals surface area contributed by atoms with Crippen LogP contribution in [0, 0.1) is 0 Å². The number of aromatic carboxylic acids is 1. The van der Waals surface area contributed by atoms with Crippen molar-refractivity contribution in [3.63, 3.8) is 0 Å². The summed E-state index contributed by atoms with van der Waals surface area (Å²) >= 11 is 0. The fourth-order valence-corrected chi connectivity index (χ4v) is 2.00. The van der Waals surface area contributed by atoms with E-state index in [4.69, 9.17) is 9.84 Å². The molecule has 0 atom stereocenters. The molecule has 2 rings (SSSR count). The van der Waals surface area contributed by atoms with Gasteiger partial charge < -0.3 is 14.9 Å². The first kappa shape index (κ1) is 15.1. The van der Waals surface area contributed by atoms with E-state index >= 15 is 0 Å². The maximum atomic E-state index is 10.8. The minimum Gasteiger partial charge on any atom is -0.489 e. The zero-order valence-electron chi connectivity index (χ0n) is 12.0. The fraction of sp³-hybridized carbons (Fsp3) is 0.235. The van der Waals surface area contributed by atoms with Gasteiger partial charge in [0.05, 0.1) is 11.2 Å². The van der Waals surface area contributed by atoms with Crippen molar-refractivity contribution < 1.29 is 19.7 Å². The average Bonchev–Trinajstić information content (AvgIpc) is 2.45. The third kappa shape index (κ3) is 3.83. The van der Waals surface area contributed by atoms with Gasteiger partial charge in [-0.3, -0.25) is 0 Å². The van der Waals surface area contributed by atoms with Crippen LogP contribution in [0.5, 0.6) is 5.75 Å². The Hall–Kier alpha value is -2.33. The Morgan fingerprint density at radius 2 is 1.71 bits per heavy atom. The van der Waals surface area contributed by atoms with Crippen LogP contribution in [0.4, 0.5) is 0 Å². The molecule has 4 heteroatoms. The SMILES string of the molecule is CC(C)(O)c1ccccc1OCc1ccc(C(=O)O)cc1. The average molecular weight is 286 g/mol. The van der Waals surface area contributed by atoms with Gasteiger partial charge in [-0.1, -0.05) is 30.3 Å². The smallest absolute Gasteiger partial charge is 0.335 e. The summed E-state index contributed by atoms with van der Waals surface area (Å²) in [5.41, 5.74) is 0.845. The molecule has 2 N–H and O–H groups in total. The number of carboxylic acid groups (broad SMARTS) is 1. The van der Waals surface area contributed by atoms with E-state index < -0.39 is 11.6 Å². The number of hydrogen-bond acceptors (Lipinski definition) is 3. The highest BCUT2D eigenvalue weighted by Gasteiger charge is 2.20. The standard InChI is InChI=1S/C17H18O4/c1-17(2,20)14-5-3-4-6-15(14)21-11-12-7-9-13(10-8-12)16(18)19/h3-10,20H,11H2,1-2H3,(H,18,19). The van der Waals surface area contributed by atoms with Crippen molar-refractivity contribution in [1.82, 2.24) is 0 Å². The van der Waals surface area contributed by atoms with Gasteiger partial charge in [-0.15, -0.1) is 0 Å². The van der Waals surface area contributed by atoms with Crippen molar-refractivity contribution in [1.29, 1.82) is 0 Å². The number of para-hydroxylation sites is 1. The van der Waals surface area contributed by atoms with Crippen molar-refractivity contribution >= 4 is 5.97 Å². The number of benzene rings is 2. The highest BCUT2D eigenvalue weighted by molar-refractivity contribution is 5.87. The van der Waals surface area contributed by atoms with Crippen molar-refractivity contribution in [2.45, 2.75) is 26.1 Å². The second-order valence-corrected chi connectivity index (χ2v) is 5.35. The quantitative estimate of drug-likeness (QED) is 0.885. The zero-order chi connectivity index (χ0) is 15.5. The zero-order valence-corrected chi connectivity index (χ0v) is 12.0. The summed E-state index contributed by atoms with van der Waals surface area (Å²) in [6.45, 7) is 3.72. The lowest BCUT2D eigenvalue weighted by Crippen LogP contribution is -2.17. The first-order chi connectivity index (χ1) is 9.88. The predicted molar refractivity (Wildman–Crippen MR) is 79.4 cm³/mol. The van der Waals surface area contributed by atoms with E-state index in [-0.39, 0.29) is 5.56 Å². The Morgan fingerprint density at radius 1 is 1.10 bits per heavy atom. The molecule has 21 heavy (non-hydrogen) atoms. The summed E-state index contributed by atoms with van der Waals surface area (Å²) < 4.78 is 5.74. The highest BCUT2D eigenvalue weighted by atomic mass is 16.5. The second-order valence-electron chi connectivity index (χ2n) is 5.35. The van der Waals surface area contributed by atoms with Crippen LogP contribution in [0.25, 0.3) is 0 Å². The molecule has 0 aromatic heterocycles. The van der Waals surface area contributed by atoms with Crippen LogP contribution in [0.2, 0.25) is 0 Å². The lowest BCUT2D eigenvalue weighted by atomic mass is 9.97. The molecule has 2 aromatic rings. The molecule has 0 spiro atoms. The molecular formula is C17H18O4. The summed E-state index contributed by atoms with van der Waals surface area (Å²) in [4.78, 5) is 10.8. The van der Waals surface area contributed by atoms with Gasteiger partial charge in [0, 0.05) is 5.56 Å². The van der Waals surface area contributed by atoms with Crippen LogP contribution in [-0.4, -0.2) is 16.2 Å². The van der Waals surface area contributed by atoms with Crippen LogP contribution < -0.4 is 4.74 Å².